The molecule has 5 nitrogen and oxygen atoms in total. The molecule has 1 aliphatic heterocycles. The van der Waals surface area contributed by atoms with E-state index in [0.717, 1.165) is 24.1 Å². The Morgan fingerprint density at radius 1 is 1.27 bits per heavy atom. The number of carbonyl (C=O) groups is 1. The maximum Gasteiger partial charge on any atom is 0.227 e. The molecule has 0 saturated carbocycles. The van der Waals surface area contributed by atoms with E-state index in [1.807, 2.05) is 6.92 Å². The molecule has 2 aromatic rings. The Labute approximate surface area is 151 Å². The fourth-order valence-corrected chi connectivity index (χ4v) is 3.39. The van der Waals surface area contributed by atoms with E-state index in [1.165, 1.54) is 18.2 Å². The molecule has 0 radical (unpaired) electrons. The van der Waals surface area contributed by atoms with Crippen LogP contribution in [0.25, 0.3) is 0 Å². The quantitative estimate of drug-likeness (QED) is 0.909. The van der Waals surface area contributed by atoms with Crippen LogP contribution in [0, 0.1) is 18.6 Å². The van der Waals surface area contributed by atoms with Crippen molar-refractivity contribution in [3.8, 4) is 0 Å². The smallest absolute Gasteiger partial charge is 0.227 e. The number of likely N-dealkylation sites (tertiary alicyclic amines) is 1. The SMILES string of the molecule is Cc1ncc(CN)c(C2CCN(C(=O)Cc3c(F)cccc3F)CC2)n1. The van der Waals surface area contributed by atoms with Crippen LogP contribution in [-0.4, -0.2) is 33.9 Å². The number of hydrogen-bond acceptors (Lipinski definition) is 4. The first-order chi connectivity index (χ1) is 12.5. The molecule has 7 heteroatoms. The van der Waals surface area contributed by atoms with Gasteiger partial charge in [-0.05, 0) is 31.9 Å². The maximum absolute atomic E-state index is 13.7. The van der Waals surface area contributed by atoms with Gasteiger partial charge in [0.05, 0.1) is 12.1 Å². The molecular weight excluding hydrogens is 338 g/mol. The van der Waals surface area contributed by atoms with Crippen LogP contribution in [0.15, 0.2) is 24.4 Å². The van der Waals surface area contributed by atoms with Gasteiger partial charge in [0, 0.05) is 42.9 Å². The number of nitrogens with two attached hydrogens (primary N) is 1. The summed E-state index contributed by atoms with van der Waals surface area (Å²) in [6.45, 7) is 3.28. The maximum atomic E-state index is 13.7. The van der Waals surface area contributed by atoms with Crippen LogP contribution in [0.2, 0.25) is 0 Å². The third-order valence-electron chi connectivity index (χ3n) is 4.86. The highest BCUT2D eigenvalue weighted by Gasteiger charge is 2.27. The van der Waals surface area contributed by atoms with Crippen molar-refractivity contribution < 1.29 is 13.6 Å². The summed E-state index contributed by atoms with van der Waals surface area (Å²) >= 11 is 0. The number of aromatic nitrogens is 2. The minimum absolute atomic E-state index is 0.170. The summed E-state index contributed by atoms with van der Waals surface area (Å²) in [5, 5.41) is 0. The Hall–Kier alpha value is -2.41. The standard InChI is InChI=1S/C19H22F2N4O/c1-12-23-11-14(10-22)19(24-12)13-5-7-25(8-6-13)18(26)9-15-16(20)3-2-4-17(15)21/h2-4,11,13H,5-10,22H2,1H3. The summed E-state index contributed by atoms with van der Waals surface area (Å²) in [7, 11) is 0. The van der Waals surface area contributed by atoms with Crippen LogP contribution in [0.3, 0.4) is 0 Å². The average Bonchev–Trinajstić information content (AvgIpc) is 2.65. The predicted octanol–water partition coefficient (Wildman–Crippen LogP) is 2.47. The molecule has 1 amide bonds. The zero-order chi connectivity index (χ0) is 18.7. The number of halogens is 2. The van der Waals surface area contributed by atoms with Crippen LogP contribution in [0.1, 0.15) is 41.4 Å². The van der Waals surface area contributed by atoms with E-state index in [9.17, 15) is 13.6 Å². The molecule has 138 valence electrons. The lowest BCUT2D eigenvalue weighted by atomic mass is 9.90. The fraction of sp³-hybridized carbons (Fsp3) is 0.421. The second-order valence-electron chi connectivity index (χ2n) is 6.56. The molecular formula is C19H22F2N4O. The summed E-state index contributed by atoms with van der Waals surface area (Å²) in [5.74, 6) is -0.713. The molecule has 0 aliphatic carbocycles. The normalized spacial score (nSPS) is 15.3. The minimum atomic E-state index is -0.683. The zero-order valence-corrected chi connectivity index (χ0v) is 14.7. The van der Waals surface area contributed by atoms with E-state index in [-0.39, 0.29) is 23.8 Å². The lowest BCUT2D eigenvalue weighted by Crippen LogP contribution is -2.39. The van der Waals surface area contributed by atoms with Crippen LogP contribution in [-0.2, 0) is 17.8 Å². The molecule has 1 aliphatic rings. The largest absolute Gasteiger partial charge is 0.342 e. The van der Waals surface area contributed by atoms with E-state index >= 15 is 0 Å². The summed E-state index contributed by atoms with van der Waals surface area (Å²) in [6, 6.07) is 3.64. The highest BCUT2D eigenvalue weighted by molar-refractivity contribution is 5.79. The molecule has 26 heavy (non-hydrogen) atoms. The number of benzene rings is 1. The number of piperidine rings is 1. The number of rotatable bonds is 4. The third-order valence-corrected chi connectivity index (χ3v) is 4.86. The van der Waals surface area contributed by atoms with Gasteiger partial charge in [-0.1, -0.05) is 6.07 Å². The molecule has 0 unspecified atom stereocenters. The van der Waals surface area contributed by atoms with Crippen molar-refractivity contribution >= 4 is 5.91 Å². The lowest BCUT2D eigenvalue weighted by molar-refractivity contribution is -0.131. The third kappa shape index (κ3) is 3.88. The van der Waals surface area contributed by atoms with Crippen LogP contribution >= 0.6 is 0 Å². The second-order valence-corrected chi connectivity index (χ2v) is 6.56. The molecule has 0 atom stereocenters. The Balaban J connectivity index is 1.65. The van der Waals surface area contributed by atoms with Crippen molar-refractivity contribution in [3.05, 3.63) is 58.7 Å². The number of aryl methyl sites for hydroxylation is 1. The number of hydrogen-bond donors (Lipinski definition) is 1. The molecule has 1 aromatic heterocycles. The van der Waals surface area contributed by atoms with Gasteiger partial charge < -0.3 is 10.6 Å². The van der Waals surface area contributed by atoms with Crippen molar-refractivity contribution in [2.24, 2.45) is 5.73 Å². The van der Waals surface area contributed by atoms with E-state index < -0.39 is 11.6 Å². The summed E-state index contributed by atoms with van der Waals surface area (Å²) in [4.78, 5) is 22.8. The first kappa shape index (κ1) is 18.4. The number of amides is 1. The first-order valence-corrected chi connectivity index (χ1v) is 8.72. The molecule has 0 bridgehead atoms. The molecule has 0 spiro atoms. The van der Waals surface area contributed by atoms with E-state index in [0.29, 0.717) is 25.5 Å². The highest BCUT2D eigenvalue weighted by atomic mass is 19.1. The highest BCUT2D eigenvalue weighted by Crippen LogP contribution is 2.29. The van der Waals surface area contributed by atoms with Gasteiger partial charge in [0.25, 0.3) is 0 Å². The molecule has 1 aromatic carbocycles. The van der Waals surface area contributed by atoms with Gasteiger partial charge in [-0.2, -0.15) is 0 Å². The van der Waals surface area contributed by atoms with Gasteiger partial charge in [-0.15, -0.1) is 0 Å². The minimum Gasteiger partial charge on any atom is -0.342 e. The van der Waals surface area contributed by atoms with Gasteiger partial charge in [0.2, 0.25) is 5.91 Å². The molecule has 3 rings (SSSR count). The Kier molecular flexibility index (Phi) is 5.56. The second kappa shape index (κ2) is 7.86. The van der Waals surface area contributed by atoms with E-state index in [1.54, 1.807) is 11.1 Å². The average molecular weight is 360 g/mol. The van der Waals surface area contributed by atoms with Crippen molar-refractivity contribution in [1.29, 1.82) is 0 Å². The molecule has 1 saturated heterocycles. The van der Waals surface area contributed by atoms with Gasteiger partial charge >= 0.3 is 0 Å². The molecule has 2 N–H and O–H groups in total. The summed E-state index contributed by atoms with van der Waals surface area (Å²) < 4.78 is 27.5. The topological polar surface area (TPSA) is 72.1 Å². The predicted molar refractivity (Wildman–Crippen MR) is 93.3 cm³/mol. The van der Waals surface area contributed by atoms with E-state index in [4.69, 9.17) is 5.73 Å². The fourth-order valence-electron chi connectivity index (χ4n) is 3.39. The van der Waals surface area contributed by atoms with Crippen molar-refractivity contribution in [1.82, 2.24) is 14.9 Å². The van der Waals surface area contributed by atoms with Crippen LogP contribution in [0.4, 0.5) is 8.78 Å². The van der Waals surface area contributed by atoms with Crippen molar-refractivity contribution in [3.63, 3.8) is 0 Å². The van der Waals surface area contributed by atoms with Crippen molar-refractivity contribution in [2.75, 3.05) is 13.1 Å². The number of carbonyl (C=O) groups excluding carboxylic acids is 1. The van der Waals surface area contributed by atoms with Crippen LogP contribution in [0.5, 0.6) is 0 Å². The summed E-state index contributed by atoms with van der Waals surface area (Å²) in [5.41, 5.74) is 7.49. The number of nitrogens with zero attached hydrogens (tertiary/aromatic N) is 3. The van der Waals surface area contributed by atoms with Gasteiger partial charge in [-0.3, -0.25) is 4.79 Å². The van der Waals surface area contributed by atoms with Gasteiger partial charge in [-0.25, -0.2) is 18.7 Å². The molecule has 2 heterocycles. The van der Waals surface area contributed by atoms with Gasteiger partial charge in [0.15, 0.2) is 0 Å². The Morgan fingerprint density at radius 3 is 2.54 bits per heavy atom. The van der Waals surface area contributed by atoms with Crippen molar-refractivity contribution in [2.45, 2.75) is 38.6 Å². The van der Waals surface area contributed by atoms with Gasteiger partial charge in [0.1, 0.15) is 17.5 Å². The van der Waals surface area contributed by atoms with Crippen LogP contribution < -0.4 is 5.73 Å². The Bertz CT molecular complexity index is 784. The van der Waals surface area contributed by atoms with E-state index in [2.05, 4.69) is 9.97 Å². The Morgan fingerprint density at radius 2 is 1.92 bits per heavy atom. The monoisotopic (exact) mass is 360 g/mol. The first-order valence-electron chi connectivity index (χ1n) is 8.72. The summed E-state index contributed by atoms with van der Waals surface area (Å²) in [6.07, 6.45) is 2.99. The lowest BCUT2D eigenvalue weighted by Gasteiger charge is -2.32. The zero-order valence-electron chi connectivity index (χ0n) is 14.7. The molecule has 1 fully saturated rings.